The van der Waals surface area contributed by atoms with E-state index in [1.165, 1.54) is 5.69 Å². The Morgan fingerprint density at radius 1 is 1.17 bits per heavy atom. The van der Waals surface area contributed by atoms with E-state index in [9.17, 15) is 9.59 Å². The van der Waals surface area contributed by atoms with Crippen LogP contribution in [0.5, 0.6) is 0 Å². The number of fused-ring (bicyclic) bond motifs is 1. The highest BCUT2D eigenvalue weighted by Gasteiger charge is 2.22. The van der Waals surface area contributed by atoms with Crippen LogP contribution >= 0.6 is 0 Å². The third-order valence-electron chi connectivity index (χ3n) is 5.93. The minimum Gasteiger partial charge on any atom is -0.378 e. The number of para-hydroxylation sites is 1. The zero-order valence-electron chi connectivity index (χ0n) is 17.7. The van der Waals surface area contributed by atoms with E-state index in [-0.39, 0.29) is 11.5 Å². The summed E-state index contributed by atoms with van der Waals surface area (Å²) in [6.45, 7) is 6.60. The van der Waals surface area contributed by atoms with E-state index in [0.29, 0.717) is 69.4 Å². The van der Waals surface area contributed by atoms with E-state index in [2.05, 4.69) is 34.0 Å². The molecule has 0 aliphatic carbocycles. The first kappa shape index (κ1) is 20.4. The molecule has 3 heterocycles. The lowest BCUT2D eigenvalue weighted by atomic mass is 10.1. The first-order valence-electron chi connectivity index (χ1n) is 10.5. The summed E-state index contributed by atoms with van der Waals surface area (Å²) in [6.07, 6.45) is 0.693. The van der Waals surface area contributed by atoms with E-state index < -0.39 is 0 Å². The maximum absolute atomic E-state index is 12.9. The molecule has 0 saturated carbocycles. The molecule has 2 aliphatic heterocycles. The van der Waals surface area contributed by atoms with Crippen LogP contribution in [0.25, 0.3) is 0 Å². The van der Waals surface area contributed by atoms with Gasteiger partial charge in [0.15, 0.2) is 0 Å². The van der Waals surface area contributed by atoms with Crippen molar-refractivity contribution in [3.05, 3.63) is 51.4 Å². The van der Waals surface area contributed by atoms with Gasteiger partial charge in [-0.05, 0) is 25.0 Å². The highest BCUT2D eigenvalue weighted by Crippen LogP contribution is 2.24. The predicted molar refractivity (Wildman–Crippen MR) is 116 cm³/mol. The molecule has 0 bridgehead atoms. The van der Waals surface area contributed by atoms with Crippen molar-refractivity contribution >= 4 is 17.5 Å². The Morgan fingerprint density at radius 2 is 1.93 bits per heavy atom. The fraction of sp³-hybridized carbons (Fsp3) is 0.500. The van der Waals surface area contributed by atoms with Crippen molar-refractivity contribution in [1.82, 2.24) is 14.9 Å². The number of hydrogen-bond donors (Lipinski definition) is 1. The minimum absolute atomic E-state index is 0.0659. The first-order chi connectivity index (χ1) is 14.5. The number of carbonyl (C=O) groups is 1. The van der Waals surface area contributed by atoms with Crippen molar-refractivity contribution < 1.29 is 9.53 Å². The summed E-state index contributed by atoms with van der Waals surface area (Å²) < 4.78 is 5.36. The van der Waals surface area contributed by atoms with E-state index in [1.54, 1.807) is 0 Å². The zero-order chi connectivity index (χ0) is 21.1. The topological polar surface area (TPSA) is 81.8 Å². The number of rotatable bonds is 4. The molecule has 0 atom stereocenters. The molecule has 2 aliphatic rings. The monoisotopic (exact) mass is 411 g/mol. The van der Waals surface area contributed by atoms with Crippen molar-refractivity contribution in [2.75, 3.05) is 56.2 Å². The van der Waals surface area contributed by atoms with Gasteiger partial charge in [-0.2, -0.15) is 0 Å². The van der Waals surface area contributed by atoms with Gasteiger partial charge in [-0.3, -0.25) is 14.6 Å². The Bertz CT molecular complexity index is 967. The number of carbonyl (C=O) groups excluding carboxylic acids is 1. The molecule has 1 aromatic heterocycles. The lowest BCUT2D eigenvalue weighted by molar-refractivity contribution is -0.131. The number of nitrogens with zero attached hydrogens (tertiary/aromatic N) is 4. The molecular formula is C22H29N5O3. The van der Waals surface area contributed by atoms with Crippen LogP contribution in [0.3, 0.4) is 0 Å². The molecule has 8 nitrogen and oxygen atoms in total. The van der Waals surface area contributed by atoms with Crippen LogP contribution in [0.4, 0.5) is 11.6 Å². The number of benzene rings is 1. The molecule has 0 radical (unpaired) electrons. The molecule has 1 amide bonds. The third-order valence-corrected chi connectivity index (χ3v) is 5.93. The Balaban J connectivity index is 1.43. The number of H-pyrrole nitrogens is 1. The summed E-state index contributed by atoms with van der Waals surface area (Å²) in [5.41, 5.74) is 3.44. The fourth-order valence-electron chi connectivity index (χ4n) is 4.11. The Labute approximate surface area is 176 Å². The fourth-order valence-corrected chi connectivity index (χ4v) is 4.11. The Kier molecular flexibility index (Phi) is 6.03. The summed E-state index contributed by atoms with van der Waals surface area (Å²) in [5.74, 6) is 0.652. The van der Waals surface area contributed by atoms with Gasteiger partial charge in [0.25, 0.3) is 5.56 Å². The Hall–Kier alpha value is -2.87. The van der Waals surface area contributed by atoms with Crippen LogP contribution < -0.4 is 15.4 Å². The van der Waals surface area contributed by atoms with E-state index >= 15 is 0 Å². The average molecular weight is 412 g/mol. The molecule has 2 aromatic rings. The number of nitrogens with one attached hydrogen (secondary N) is 1. The van der Waals surface area contributed by atoms with Gasteiger partial charge in [-0.25, -0.2) is 4.98 Å². The summed E-state index contributed by atoms with van der Waals surface area (Å²) >= 11 is 0. The average Bonchev–Trinajstić information content (AvgIpc) is 2.93. The van der Waals surface area contributed by atoms with Crippen LogP contribution in [0.1, 0.15) is 23.2 Å². The maximum Gasteiger partial charge on any atom is 0.255 e. The number of aromatic amines is 1. The Morgan fingerprint density at radius 3 is 2.70 bits per heavy atom. The minimum atomic E-state index is -0.155. The third kappa shape index (κ3) is 4.33. The van der Waals surface area contributed by atoms with E-state index in [1.807, 2.05) is 28.9 Å². The normalized spacial score (nSPS) is 16.9. The van der Waals surface area contributed by atoms with Crippen molar-refractivity contribution in [3.8, 4) is 0 Å². The van der Waals surface area contributed by atoms with Gasteiger partial charge in [0.1, 0.15) is 0 Å². The van der Waals surface area contributed by atoms with Crippen molar-refractivity contribution in [2.24, 2.45) is 0 Å². The maximum atomic E-state index is 12.9. The summed E-state index contributed by atoms with van der Waals surface area (Å²) in [5, 5.41) is 0. The largest absolute Gasteiger partial charge is 0.378 e. The molecule has 1 N–H and O–H groups in total. The second-order valence-electron chi connectivity index (χ2n) is 7.92. The van der Waals surface area contributed by atoms with Crippen LogP contribution in [-0.2, 0) is 22.5 Å². The van der Waals surface area contributed by atoms with Crippen molar-refractivity contribution in [3.63, 3.8) is 0 Å². The van der Waals surface area contributed by atoms with Gasteiger partial charge in [0.2, 0.25) is 11.9 Å². The van der Waals surface area contributed by atoms with Crippen molar-refractivity contribution in [1.29, 1.82) is 0 Å². The van der Waals surface area contributed by atoms with Gasteiger partial charge in [-0.15, -0.1) is 0 Å². The SMILES string of the molecule is Cc1nc(N2CCOCC2)[nH]c(=O)c1CCC(=O)N1CCN(C)c2ccccc2C1. The molecule has 8 heteroatoms. The van der Waals surface area contributed by atoms with Crippen molar-refractivity contribution in [2.45, 2.75) is 26.3 Å². The zero-order valence-corrected chi connectivity index (χ0v) is 17.7. The van der Waals surface area contributed by atoms with Gasteiger partial charge in [0.05, 0.1) is 13.2 Å². The van der Waals surface area contributed by atoms with E-state index in [0.717, 1.165) is 12.1 Å². The van der Waals surface area contributed by atoms with Crippen LogP contribution in [-0.4, -0.2) is 67.2 Å². The van der Waals surface area contributed by atoms with E-state index in [4.69, 9.17) is 4.74 Å². The second kappa shape index (κ2) is 8.87. The van der Waals surface area contributed by atoms with Crippen LogP contribution in [0.2, 0.25) is 0 Å². The number of ether oxygens (including phenoxy) is 1. The number of likely N-dealkylation sites (N-methyl/N-ethyl adjacent to an activating group) is 1. The molecule has 0 spiro atoms. The lowest BCUT2D eigenvalue weighted by Crippen LogP contribution is -2.39. The lowest BCUT2D eigenvalue weighted by Gasteiger charge is -2.27. The van der Waals surface area contributed by atoms with Gasteiger partial charge >= 0.3 is 0 Å². The number of amides is 1. The smallest absolute Gasteiger partial charge is 0.255 e. The molecule has 30 heavy (non-hydrogen) atoms. The molecule has 1 fully saturated rings. The number of aryl methyl sites for hydroxylation is 1. The van der Waals surface area contributed by atoms with Crippen LogP contribution in [0, 0.1) is 6.92 Å². The highest BCUT2D eigenvalue weighted by atomic mass is 16.5. The number of hydrogen-bond acceptors (Lipinski definition) is 6. The standard InChI is InChI=1S/C22H29N5O3/c1-16-18(21(29)24-22(23-16)26-11-13-30-14-12-26)7-8-20(28)27-10-9-25(2)19-6-4-3-5-17(19)15-27/h3-6H,7-15H2,1-2H3,(H,23,24,29). The van der Waals surface area contributed by atoms with Crippen LogP contribution in [0.15, 0.2) is 29.1 Å². The summed E-state index contributed by atoms with van der Waals surface area (Å²) in [6, 6.07) is 8.19. The number of anilines is 2. The molecule has 1 aromatic carbocycles. The molecule has 4 rings (SSSR count). The number of morpholine rings is 1. The first-order valence-corrected chi connectivity index (χ1v) is 10.5. The molecule has 160 valence electrons. The van der Waals surface area contributed by atoms with Gasteiger partial charge < -0.3 is 19.4 Å². The molecular weight excluding hydrogens is 382 g/mol. The second-order valence-corrected chi connectivity index (χ2v) is 7.92. The molecule has 1 saturated heterocycles. The number of aromatic nitrogens is 2. The van der Waals surface area contributed by atoms with Gasteiger partial charge in [-0.1, -0.05) is 18.2 Å². The quantitative estimate of drug-likeness (QED) is 0.817. The summed E-state index contributed by atoms with van der Waals surface area (Å²) in [4.78, 5) is 39.2. The molecule has 0 unspecified atom stereocenters. The highest BCUT2D eigenvalue weighted by molar-refractivity contribution is 5.77. The summed E-state index contributed by atoms with van der Waals surface area (Å²) in [7, 11) is 2.05. The predicted octanol–water partition coefficient (Wildman–Crippen LogP) is 1.33. The van der Waals surface area contributed by atoms with Gasteiger partial charge in [0, 0.05) is 63.1 Å².